The van der Waals surface area contributed by atoms with E-state index in [4.69, 9.17) is 0 Å². The summed E-state index contributed by atoms with van der Waals surface area (Å²) >= 11 is 1.93. The zero-order chi connectivity index (χ0) is 11.6. The molecule has 2 heterocycles. The molecule has 2 aliphatic heterocycles. The van der Waals surface area contributed by atoms with Crippen LogP contribution in [0.1, 0.15) is 38.5 Å². The SMILES string of the molecule is C(CCN1CCCC1)CSC1=NCC2(CC2)N1.Cl.Cl. The zero-order valence-electron chi connectivity index (χ0n) is 11.4. The van der Waals surface area contributed by atoms with E-state index in [0.717, 1.165) is 6.54 Å². The summed E-state index contributed by atoms with van der Waals surface area (Å²) in [7, 11) is 0. The van der Waals surface area contributed by atoms with Crippen molar-refractivity contribution < 1.29 is 0 Å². The average Bonchev–Trinajstić information content (AvgIpc) is 2.78. The second-order valence-electron chi connectivity index (χ2n) is 5.63. The molecule has 0 bridgehead atoms. The van der Waals surface area contributed by atoms with Crippen molar-refractivity contribution in [3.8, 4) is 0 Å². The molecule has 3 rings (SSSR count). The Morgan fingerprint density at radius 3 is 2.53 bits per heavy atom. The minimum absolute atomic E-state index is 0. The maximum Gasteiger partial charge on any atom is 0.157 e. The fraction of sp³-hybridized carbons (Fsp3) is 0.923. The smallest absolute Gasteiger partial charge is 0.157 e. The number of nitrogens with zero attached hydrogens (tertiary/aromatic N) is 2. The number of thioether (sulfide) groups is 1. The maximum absolute atomic E-state index is 4.58. The second-order valence-corrected chi connectivity index (χ2v) is 6.71. The van der Waals surface area contributed by atoms with Crippen LogP contribution in [0.2, 0.25) is 0 Å². The van der Waals surface area contributed by atoms with Gasteiger partial charge in [0.1, 0.15) is 0 Å². The Hall–Kier alpha value is 0.360. The van der Waals surface area contributed by atoms with E-state index in [2.05, 4.69) is 15.2 Å². The number of aliphatic imine (C=N–C) groups is 1. The first-order valence-corrected chi connectivity index (χ1v) is 8.03. The van der Waals surface area contributed by atoms with E-state index >= 15 is 0 Å². The van der Waals surface area contributed by atoms with Crippen LogP contribution in [0.15, 0.2) is 4.99 Å². The van der Waals surface area contributed by atoms with E-state index in [1.54, 1.807) is 0 Å². The number of hydrogen-bond acceptors (Lipinski definition) is 4. The fourth-order valence-electron chi connectivity index (χ4n) is 2.66. The molecule has 2 fully saturated rings. The van der Waals surface area contributed by atoms with Gasteiger partial charge in [0.2, 0.25) is 0 Å². The van der Waals surface area contributed by atoms with Gasteiger partial charge >= 0.3 is 0 Å². The fourth-order valence-corrected chi connectivity index (χ4v) is 3.64. The highest BCUT2D eigenvalue weighted by Gasteiger charge is 2.46. The molecule has 6 heteroatoms. The van der Waals surface area contributed by atoms with Crippen molar-refractivity contribution in [2.75, 3.05) is 31.9 Å². The molecule has 1 spiro atoms. The first-order chi connectivity index (χ1) is 8.36. The Balaban J connectivity index is 0.000000902. The van der Waals surface area contributed by atoms with Crippen LogP contribution in [0.25, 0.3) is 0 Å². The summed E-state index contributed by atoms with van der Waals surface area (Å²) in [5.74, 6) is 1.23. The van der Waals surface area contributed by atoms with Gasteiger partial charge in [-0.2, -0.15) is 0 Å². The third kappa shape index (κ3) is 5.00. The van der Waals surface area contributed by atoms with E-state index in [-0.39, 0.29) is 24.8 Å². The maximum atomic E-state index is 4.58. The average molecular weight is 326 g/mol. The Morgan fingerprint density at radius 2 is 1.89 bits per heavy atom. The van der Waals surface area contributed by atoms with Gasteiger partial charge in [-0.1, -0.05) is 11.8 Å². The first kappa shape index (κ1) is 17.4. The Morgan fingerprint density at radius 1 is 1.16 bits per heavy atom. The summed E-state index contributed by atoms with van der Waals surface area (Å²) in [5, 5.41) is 4.79. The van der Waals surface area contributed by atoms with E-state index in [1.807, 2.05) is 11.8 Å². The lowest BCUT2D eigenvalue weighted by atomic mass is 10.3. The molecular formula is C13H25Cl2N3S. The lowest BCUT2D eigenvalue weighted by Gasteiger charge is -2.13. The number of likely N-dealkylation sites (tertiary alicyclic amines) is 1. The second kappa shape index (κ2) is 7.96. The van der Waals surface area contributed by atoms with Gasteiger partial charge in [0.05, 0.1) is 12.1 Å². The van der Waals surface area contributed by atoms with Crippen LogP contribution in [-0.2, 0) is 0 Å². The van der Waals surface area contributed by atoms with Gasteiger partial charge in [-0.3, -0.25) is 4.99 Å². The van der Waals surface area contributed by atoms with Crippen molar-refractivity contribution in [1.82, 2.24) is 10.2 Å². The van der Waals surface area contributed by atoms with Gasteiger partial charge in [0.25, 0.3) is 0 Å². The van der Waals surface area contributed by atoms with Crippen LogP contribution in [0.3, 0.4) is 0 Å². The highest BCUT2D eigenvalue weighted by molar-refractivity contribution is 8.13. The summed E-state index contributed by atoms with van der Waals surface area (Å²) in [4.78, 5) is 7.19. The number of unbranched alkanes of at least 4 members (excludes halogenated alkanes) is 1. The molecule has 112 valence electrons. The van der Waals surface area contributed by atoms with Crippen LogP contribution in [-0.4, -0.2) is 47.5 Å². The van der Waals surface area contributed by atoms with Gasteiger partial charge < -0.3 is 10.2 Å². The number of halogens is 2. The highest BCUT2D eigenvalue weighted by Crippen LogP contribution is 2.39. The van der Waals surface area contributed by atoms with Crippen LogP contribution in [0, 0.1) is 0 Å². The van der Waals surface area contributed by atoms with Crippen molar-refractivity contribution in [2.45, 2.75) is 44.1 Å². The summed E-state index contributed by atoms with van der Waals surface area (Å²) in [6.07, 6.45) is 8.17. The molecule has 0 atom stereocenters. The van der Waals surface area contributed by atoms with Crippen molar-refractivity contribution in [2.24, 2.45) is 4.99 Å². The van der Waals surface area contributed by atoms with Crippen LogP contribution < -0.4 is 5.32 Å². The van der Waals surface area contributed by atoms with Gasteiger partial charge in [-0.25, -0.2) is 0 Å². The van der Waals surface area contributed by atoms with Crippen LogP contribution >= 0.6 is 36.6 Å². The standard InChI is InChI=1S/C13H23N3S.2ClH/c1-2-8-16(7-1)9-3-4-10-17-12-14-11-13(15-12)5-6-13;;/h1-11H2,(H,14,15);2*1H. The van der Waals surface area contributed by atoms with E-state index in [0.29, 0.717) is 5.54 Å². The normalized spacial score (nSPS) is 23.5. The summed E-state index contributed by atoms with van der Waals surface area (Å²) in [5.41, 5.74) is 0.428. The molecule has 1 saturated heterocycles. The molecule has 0 aromatic rings. The van der Waals surface area contributed by atoms with Crippen LogP contribution in [0.4, 0.5) is 0 Å². The van der Waals surface area contributed by atoms with Gasteiger partial charge in [-0.05, 0) is 58.2 Å². The minimum Gasteiger partial charge on any atom is -0.358 e. The molecule has 0 amide bonds. The highest BCUT2D eigenvalue weighted by atomic mass is 35.5. The van der Waals surface area contributed by atoms with E-state index in [1.165, 1.54) is 69.1 Å². The summed E-state index contributed by atoms with van der Waals surface area (Å²) in [6.45, 7) is 5.02. The zero-order valence-corrected chi connectivity index (χ0v) is 13.8. The number of amidine groups is 1. The van der Waals surface area contributed by atoms with Gasteiger partial charge in [0.15, 0.2) is 5.17 Å². The van der Waals surface area contributed by atoms with Gasteiger partial charge in [0, 0.05) is 5.75 Å². The number of nitrogens with one attached hydrogen (secondary N) is 1. The minimum atomic E-state index is 0. The van der Waals surface area contributed by atoms with Crippen LogP contribution in [0.5, 0.6) is 0 Å². The Kier molecular flexibility index (Phi) is 7.30. The van der Waals surface area contributed by atoms with Crippen molar-refractivity contribution in [3.05, 3.63) is 0 Å². The first-order valence-electron chi connectivity index (χ1n) is 7.04. The molecule has 1 saturated carbocycles. The predicted molar refractivity (Wildman–Crippen MR) is 89.3 cm³/mol. The Labute approximate surface area is 133 Å². The number of hydrogen-bond donors (Lipinski definition) is 1. The largest absolute Gasteiger partial charge is 0.358 e. The molecule has 3 aliphatic rings. The molecular weight excluding hydrogens is 301 g/mol. The lowest BCUT2D eigenvalue weighted by molar-refractivity contribution is 0.333. The van der Waals surface area contributed by atoms with E-state index < -0.39 is 0 Å². The van der Waals surface area contributed by atoms with Crippen molar-refractivity contribution in [1.29, 1.82) is 0 Å². The third-order valence-corrected chi connectivity index (χ3v) is 5.05. The number of rotatable bonds is 5. The summed E-state index contributed by atoms with van der Waals surface area (Å²) in [6, 6.07) is 0. The molecule has 1 N–H and O–H groups in total. The molecule has 0 aromatic heterocycles. The van der Waals surface area contributed by atoms with E-state index in [9.17, 15) is 0 Å². The summed E-state index contributed by atoms with van der Waals surface area (Å²) < 4.78 is 0. The molecule has 1 aliphatic carbocycles. The Bertz CT molecular complexity index is 302. The molecule has 19 heavy (non-hydrogen) atoms. The molecule has 0 unspecified atom stereocenters. The molecule has 0 aromatic carbocycles. The quantitative estimate of drug-likeness (QED) is 0.787. The molecule has 0 radical (unpaired) electrons. The topological polar surface area (TPSA) is 27.6 Å². The monoisotopic (exact) mass is 325 g/mol. The van der Waals surface area contributed by atoms with Crippen molar-refractivity contribution in [3.63, 3.8) is 0 Å². The lowest BCUT2D eigenvalue weighted by Crippen LogP contribution is -2.30. The third-order valence-electron chi connectivity index (χ3n) is 4.06. The predicted octanol–water partition coefficient (Wildman–Crippen LogP) is 2.93. The molecule has 3 nitrogen and oxygen atoms in total. The van der Waals surface area contributed by atoms with Crippen molar-refractivity contribution >= 4 is 41.7 Å². The van der Waals surface area contributed by atoms with Gasteiger partial charge in [-0.15, -0.1) is 24.8 Å².